The van der Waals surface area contributed by atoms with Crippen molar-refractivity contribution in [3.63, 3.8) is 0 Å². The number of amides is 2. The highest BCUT2D eigenvalue weighted by Crippen LogP contribution is 2.23. The van der Waals surface area contributed by atoms with E-state index in [4.69, 9.17) is 0 Å². The van der Waals surface area contributed by atoms with Gasteiger partial charge in [0.1, 0.15) is 23.1 Å². The first-order valence-electron chi connectivity index (χ1n) is 8.69. The molecule has 3 aromatic carbocycles. The average Bonchev–Trinajstić information content (AvgIpc) is 2.70. The zero-order valence-electron chi connectivity index (χ0n) is 15.4. The van der Waals surface area contributed by atoms with E-state index in [0.29, 0.717) is 17.4 Å². The van der Waals surface area contributed by atoms with Crippen LogP contribution in [0.25, 0.3) is 6.08 Å². The molecule has 0 aliphatic rings. The number of benzene rings is 3. The van der Waals surface area contributed by atoms with Crippen LogP contribution >= 0.6 is 0 Å². The number of carbonyl (C=O) groups is 2. The molecule has 0 fully saturated rings. The Balaban J connectivity index is 1.61. The van der Waals surface area contributed by atoms with Gasteiger partial charge in [-0.05, 0) is 60.7 Å². The normalized spacial score (nSPS) is 10.7. The summed E-state index contributed by atoms with van der Waals surface area (Å²) in [5, 5.41) is 24.2. The fourth-order valence-electron chi connectivity index (χ4n) is 2.53. The number of nitrogens with one attached hydrogen (secondary N) is 2. The highest BCUT2D eigenvalue weighted by molar-refractivity contribution is 6.05. The standard InChI is InChI=1S/C22H16F2N2O4/c23-14-2-8-18(19(24)12-14)22(30)26-16-5-3-15(4-6-16)25-21(29)10-1-13-11-17(27)7-9-20(13)28/h1-12,27-28H,(H,25,29)(H,26,30)/b10-1+. The first-order chi connectivity index (χ1) is 14.3. The van der Waals surface area contributed by atoms with Crippen LogP contribution in [0.15, 0.2) is 66.7 Å². The largest absolute Gasteiger partial charge is 0.508 e. The van der Waals surface area contributed by atoms with Gasteiger partial charge in [-0.15, -0.1) is 0 Å². The number of hydrogen-bond donors (Lipinski definition) is 4. The molecule has 3 aromatic rings. The van der Waals surface area contributed by atoms with Crippen molar-refractivity contribution in [2.24, 2.45) is 0 Å². The SMILES string of the molecule is O=C(/C=C/c1cc(O)ccc1O)Nc1ccc(NC(=O)c2ccc(F)cc2F)cc1. The average molecular weight is 410 g/mol. The number of anilines is 2. The van der Waals surface area contributed by atoms with Crippen molar-refractivity contribution in [2.75, 3.05) is 10.6 Å². The van der Waals surface area contributed by atoms with Crippen LogP contribution in [0.5, 0.6) is 11.5 Å². The number of rotatable bonds is 5. The van der Waals surface area contributed by atoms with Crippen LogP contribution in [0.3, 0.4) is 0 Å². The molecule has 0 atom stereocenters. The van der Waals surface area contributed by atoms with Crippen LogP contribution in [-0.2, 0) is 4.79 Å². The minimum absolute atomic E-state index is 0.0500. The smallest absolute Gasteiger partial charge is 0.258 e. The molecule has 0 bridgehead atoms. The maximum atomic E-state index is 13.7. The second-order valence-corrected chi connectivity index (χ2v) is 6.22. The van der Waals surface area contributed by atoms with Crippen molar-refractivity contribution in [1.82, 2.24) is 0 Å². The van der Waals surface area contributed by atoms with Crippen LogP contribution in [0, 0.1) is 11.6 Å². The van der Waals surface area contributed by atoms with E-state index in [2.05, 4.69) is 10.6 Å². The molecular formula is C22H16F2N2O4. The van der Waals surface area contributed by atoms with Gasteiger partial charge in [0.25, 0.3) is 5.91 Å². The quantitative estimate of drug-likeness (QED) is 0.373. The zero-order valence-corrected chi connectivity index (χ0v) is 15.4. The molecule has 0 aliphatic heterocycles. The Kier molecular flexibility index (Phi) is 6.07. The van der Waals surface area contributed by atoms with Crippen molar-refractivity contribution in [1.29, 1.82) is 0 Å². The minimum Gasteiger partial charge on any atom is -0.508 e. The third-order valence-electron chi connectivity index (χ3n) is 4.01. The molecule has 0 saturated carbocycles. The van der Waals surface area contributed by atoms with Gasteiger partial charge in [0.05, 0.1) is 5.56 Å². The van der Waals surface area contributed by atoms with Crippen LogP contribution in [0.4, 0.5) is 20.2 Å². The van der Waals surface area contributed by atoms with Crippen molar-refractivity contribution in [3.05, 3.63) is 89.5 Å². The van der Waals surface area contributed by atoms with Gasteiger partial charge in [0.2, 0.25) is 5.91 Å². The molecule has 2 amide bonds. The van der Waals surface area contributed by atoms with Gasteiger partial charge in [-0.3, -0.25) is 9.59 Å². The Hall–Kier alpha value is -4.20. The summed E-state index contributed by atoms with van der Waals surface area (Å²) in [6.07, 6.45) is 2.53. The summed E-state index contributed by atoms with van der Waals surface area (Å²) in [6, 6.07) is 12.6. The van der Waals surface area contributed by atoms with E-state index in [-0.39, 0.29) is 22.6 Å². The molecule has 6 nitrogen and oxygen atoms in total. The van der Waals surface area contributed by atoms with E-state index in [1.54, 1.807) is 0 Å². The van der Waals surface area contributed by atoms with Crippen molar-refractivity contribution >= 4 is 29.3 Å². The first-order valence-corrected chi connectivity index (χ1v) is 8.69. The summed E-state index contributed by atoms with van der Waals surface area (Å²) >= 11 is 0. The fourth-order valence-corrected chi connectivity index (χ4v) is 2.53. The van der Waals surface area contributed by atoms with Gasteiger partial charge in [0.15, 0.2) is 0 Å². The van der Waals surface area contributed by atoms with Gasteiger partial charge in [-0.25, -0.2) is 8.78 Å². The van der Waals surface area contributed by atoms with E-state index in [9.17, 15) is 28.6 Å². The first kappa shape index (κ1) is 20.5. The zero-order chi connectivity index (χ0) is 21.7. The number of aromatic hydroxyl groups is 2. The van der Waals surface area contributed by atoms with E-state index in [1.807, 2.05) is 0 Å². The van der Waals surface area contributed by atoms with E-state index in [1.165, 1.54) is 54.6 Å². The molecule has 30 heavy (non-hydrogen) atoms. The summed E-state index contributed by atoms with van der Waals surface area (Å²) in [4.78, 5) is 24.1. The van der Waals surface area contributed by atoms with E-state index >= 15 is 0 Å². The van der Waals surface area contributed by atoms with Crippen molar-refractivity contribution < 1.29 is 28.6 Å². The van der Waals surface area contributed by atoms with Gasteiger partial charge >= 0.3 is 0 Å². The lowest BCUT2D eigenvalue weighted by Crippen LogP contribution is -2.14. The van der Waals surface area contributed by atoms with Crippen molar-refractivity contribution in [2.45, 2.75) is 0 Å². The molecular weight excluding hydrogens is 394 g/mol. The fraction of sp³-hybridized carbons (Fsp3) is 0. The highest BCUT2D eigenvalue weighted by Gasteiger charge is 2.12. The Morgan fingerprint density at radius 3 is 2.17 bits per heavy atom. The second-order valence-electron chi connectivity index (χ2n) is 6.22. The lowest BCUT2D eigenvalue weighted by Gasteiger charge is -2.08. The summed E-state index contributed by atoms with van der Waals surface area (Å²) in [5.74, 6) is -3.11. The van der Waals surface area contributed by atoms with Gasteiger partial charge in [-0.2, -0.15) is 0 Å². The molecule has 0 unspecified atom stereocenters. The molecule has 8 heteroatoms. The molecule has 0 radical (unpaired) electrons. The number of phenolic OH excluding ortho intramolecular Hbond substituents is 2. The number of carbonyl (C=O) groups excluding carboxylic acids is 2. The molecule has 0 aliphatic carbocycles. The Morgan fingerprint density at radius 2 is 1.50 bits per heavy atom. The predicted molar refractivity (Wildman–Crippen MR) is 108 cm³/mol. The number of phenols is 2. The van der Waals surface area contributed by atoms with Crippen LogP contribution in [-0.4, -0.2) is 22.0 Å². The summed E-state index contributed by atoms with van der Waals surface area (Å²) < 4.78 is 26.6. The molecule has 0 heterocycles. The minimum atomic E-state index is -0.971. The lowest BCUT2D eigenvalue weighted by atomic mass is 10.1. The second kappa shape index (κ2) is 8.87. The lowest BCUT2D eigenvalue weighted by molar-refractivity contribution is -0.111. The van der Waals surface area contributed by atoms with Gasteiger partial charge in [0, 0.05) is 29.1 Å². The van der Waals surface area contributed by atoms with Crippen molar-refractivity contribution in [3.8, 4) is 11.5 Å². The molecule has 152 valence electrons. The summed E-state index contributed by atoms with van der Waals surface area (Å²) in [7, 11) is 0. The van der Waals surface area contributed by atoms with Crippen LogP contribution in [0.1, 0.15) is 15.9 Å². The number of hydrogen-bond acceptors (Lipinski definition) is 4. The van der Waals surface area contributed by atoms with E-state index < -0.39 is 23.4 Å². The molecule has 3 rings (SSSR count). The van der Waals surface area contributed by atoms with E-state index in [0.717, 1.165) is 12.1 Å². The van der Waals surface area contributed by atoms with Gasteiger partial charge in [-0.1, -0.05) is 0 Å². The molecule has 0 saturated heterocycles. The van der Waals surface area contributed by atoms with Crippen LogP contribution in [0.2, 0.25) is 0 Å². The Morgan fingerprint density at radius 1 is 0.833 bits per heavy atom. The molecule has 0 spiro atoms. The maximum absolute atomic E-state index is 13.7. The highest BCUT2D eigenvalue weighted by atomic mass is 19.1. The predicted octanol–water partition coefficient (Wildman–Crippen LogP) is 4.28. The third kappa shape index (κ3) is 5.20. The molecule has 4 N–H and O–H groups in total. The molecule has 0 aromatic heterocycles. The number of halogens is 2. The maximum Gasteiger partial charge on any atom is 0.258 e. The summed E-state index contributed by atoms with van der Waals surface area (Å²) in [5.41, 5.74) is 0.753. The van der Waals surface area contributed by atoms with Crippen LogP contribution < -0.4 is 10.6 Å². The Bertz CT molecular complexity index is 1130. The van der Waals surface area contributed by atoms with Gasteiger partial charge < -0.3 is 20.8 Å². The third-order valence-corrected chi connectivity index (χ3v) is 4.01. The Labute approximate surface area is 170 Å². The summed E-state index contributed by atoms with van der Waals surface area (Å²) in [6.45, 7) is 0. The monoisotopic (exact) mass is 410 g/mol. The topological polar surface area (TPSA) is 98.7 Å².